The SMILES string of the molecule is Cc1ncc(-c2ccc(N3CCNCC3)nc2)cc1/C(=C\C=N)C(=O)c1c(F)ccc(NS(=O)(=O)N(C)C2CC2)c1F. The molecule has 3 N–H and O–H groups in total. The Balaban J connectivity index is 1.47. The number of carbonyl (C=O) groups excluding carboxylic acids is 1. The number of nitrogens with one attached hydrogen (secondary N) is 3. The molecule has 1 aliphatic heterocycles. The van der Waals surface area contributed by atoms with Crippen LogP contribution in [0.25, 0.3) is 16.7 Å². The van der Waals surface area contributed by atoms with E-state index in [1.54, 1.807) is 25.4 Å². The number of halogens is 2. The van der Waals surface area contributed by atoms with E-state index in [0.717, 1.165) is 66.3 Å². The highest BCUT2D eigenvalue weighted by molar-refractivity contribution is 7.90. The van der Waals surface area contributed by atoms with Crippen molar-refractivity contribution < 1.29 is 22.0 Å². The maximum Gasteiger partial charge on any atom is 0.301 e. The average molecular weight is 596 g/mol. The molecule has 2 aromatic heterocycles. The number of carbonyl (C=O) groups is 1. The smallest absolute Gasteiger partial charge is 0.301 e. The third kappa shape index (κ3) is 6.08. The second-order valence-corrected chi connectivity index (χ2v) is 11.9. The lowest BCUT2D eigenvalue weighted by Crippen LogP contribution is -2.43. The molecular weight excluding hydrogens is 564 g/mol. The van der Waals surface area contributed by atoms with Gasteiger partial charge in [-0.15, -0.1) is 0 Å². The minimum Gasteiger partial charge on any atom is -0.354 e. The fourth-order valence-corrected chi connectivity index (χ4v) is 5.97. The Labute approximate surface area is 243 Å². The van der Waals surface area contributed by atoms with Gasteiger partial charge in [0.25, 0.3) is 0 Å². The van der Waals surface area contributed by atoms with Gasteiger partial charge in [0, 0.05) is 85.8 Å². The van der Waals surface area contributed by atoms with Crippen molar-refractivity contribution in [3.8, 4) is 11.1 Å². The van der Waals surface area contributed by atoms with Gasteiger partial charge in [0.05, 0.1) is 11.3 Å². The van der Waals surface area contributed by atoms with Crippen LogP contribution in [0.2, 0.25) is 0 Å². The third-order valence-corrected chi connectivity index (χ3v) is 8.93. The van der Waals surface area contributed by atoms with Crippen LogP contribution in [-0.2, 0) is 10.2 Å². The summed E-state index contributed by atoms with van der Waals surface area (Å²) in [5.74, 6) is -2.73. The number of Topliss-reactive ketones (excluding diaryl/α,β-unsaturated/α-hetero) is 1. The van der Waals surface area contributed by atoms with E-state index in [4.69, 9.17) is 5.41 Å². The Morgan fingerprint density at radius 3 is 2.48 bits per heavy atom. The predicted molar refractivity (Wildman–Crippen MR) is 158 cm³/mol. The number of allylic oxidation sites excluding steroid dienone is 2. The Morgan fingerprint density at radius 1 is 1.12 bits per heavy atom. The lowest BCUT2D eigenvalue weighted by molar-refractivity contribution is 0.104. The zero-order chi connectivity index (χ0) is 30.0. The summed E-state index contributed by atoms with van der Waals surface area (Å²) >= 11 is 0. The minimum absolute atomic E-state index is 0.171. The van der Waals surface area contributed by atoms with Crippen LogP contribution in [0.1, 0.15) is 34.5 Å². The van der Waals surface area contributed by atoms with Gasteiger partial charge in [-0.2, -0.15) is 12.7 Å². The first-order valence-corrected chi connectivity index (χ1v) is 14.9. The monoisotopic (exact) mass is 595 g/mol. The highest BCUT2D eigenvalue weighted by Gasteiger charge is 2.35. The quantitative estimate of drug-likeness (QED) is 0.185. The van der Waals surface area contributed by atoms with E-state index in [2.05, 4.69) is 24.9 Å². The maximum atomic E-state index is 15.6. The highest BCUT2D eigenvalue weighted by atomic mass is 32.2. The Morgan fingerprint density at radius 2 is 1.83 bits per heavy atom. The molecule has 0 unspecified atom stereocenters. The van der Waals surface area contributed by atoms with Gasteiger partial charge in [-0.25, -0.2) is 13.8 Å². The number of aromatic nitrogens is 2. The molecule has 0 spiro atoms. The van der Waals surface area contributed by atoms with E-state index >= 15 is 4.39 Å². The number of pyridine rings is 2. The molecule has 1 saturated heterocycles. The first-order chi connectivity index (χ1) is 20.1. The number of benzene rings is 1. The van der Waals surface area contributed by atoms with Gasteiger partial charge in [-0.05, 0) is 56.2 Å². The number of hydrogen-bond donors (Lipinski definition) is 3. The molecule has 10 nitrogen and oxygen atoms in total. The fraction of sp³-hybridized carbons (Fsp3) is 0.310. The molecule has 5 rings (SSSR count). The van der Waals surface area contributed by atoms with Crippen molar-refractivity contribution >= 4 is 39.3 Å². The third-order valence-electron chi connectivity index (χ3n) is 7.39. The van der Waals surface area contributed by atoms with E-state index in [0.29, 0.717) is 24.1 Å². The number of piperazine rings is 1. The molecule has 1 aromatic carbocycles. The maximum absolute atomic E-state index is 15.6. The Kier molecular flexibility index (Phi) is 8.43. The molecule has 2 fully saturated rings. The van der Waals surface area contributed by atoms with Crippen LogP contribution in [0.5, 0.6) is 0 Å². The van der Waals surface area contributed by atoms with Gasteiger partial charge in [0.15, 0.2) is 11.6 Å². The van der Waals surface area contributed by atoms with Crippen molar-refractivity contribution in [1.82, 2.24) is 19.6 Å². The van der Waals surface area contributed by atoms with Crippen LogP contribution >= 0.6 is 0 Å². The van der Waals surface area contributed by atoms with Crippen molar-refractivity contribution in [3.05, 3.63) is 77.3 Å². The molecule has 0 atom stereocenters. The summed E-state index contributed by atoms with van der Waals surface area (Å²) in [5.41, 5.74) is 0.335. The topological polar surface area (TPSA) is 131 Å². The molecule has 220 valence electrons. The standard InChI is InChI=1S/C29H31F2N7O3S/c1-18-23(15-20(17-34-18)19-3-8-26(35-16-19)38-13-11-33-12-14-38)22(9-10-32)29(39)27-24(30)6-7-25(28(27)31)36-42(40,41)37(2)21-4-5-21/h3,6-10,15-17,21,32-33,36H,4-5,11-14H2,1-2H3/b22-9+,32-10?. The normalized spacial score (nSPS) is 16.0. The van der Waals surface area contributed by atoms with E-state index < -0.39 is 38.9 Å². The van der Waals surface area contributed by atoms with Crippen molar-refractivity contribution in [3.63, 3.8) is 0 Å². The number of nitrogens with zero attached hydrogens (tertiary/aromatic N) is 4. The number of anilines is 2. The number of aryl methyl sites for hydroxylation is 1. The lowest BCUT2D eigenvalue weighted by Gasteiger charge is -2.28. The second-order valence-electron chi connectivity index (χ2n) is 10.2. The van der Waals surface area contributed by atoms with Gasteiger partial charge in [0.1, 0.15) is 11.6 Å². The summed E-state index contributed by atoms with van der Waals surface area (Å²) in [6.45, 7) is 5.07. The van der Waals surface area contributed by atoms with Crippen LogP contribution < -0.4 is 14.9 Å². The van der Waals surface area contributed by atoms with Crippen LogP contribution in [0.3, 0.4) is 0 Å². The molecule has 0 amide bonds. The first kappa shape index (κ1) is 29.4. The predicted octanol–water partition coefficient (Wildman–Crippen LogP) is 3.81. The Hall–Kier alpha value is -4.07. The summed E-state index contributed by atoms with van der Waals surface area (Å²) in [6, 6.07) is 7.02. The largest absolute Gasteiger partial charge is 0.354 e. The van der Waals surface area contributed by atoms with Crippen molar-refractivity contribution in [2.45, 2.75) is 25.8 Å². The summed E-state index contributed by atoms with van der Waals surface area (Å²) < 4.78 is 59.2. The molecule has 2 aliphatic rings. The van der Waals surface area contributed by atoms with Crippen molar-refractivity contribution in [2.24, 2.45) is 0 Å². The summed E-state index contributed by atoms with van der Waals surface area (Å²) in [5, 5.41) is 10.9. The van der Waals surface area contributed by atoms with Crippen LogP contribution in [0.15, 0.2) is 48.8 Å². The Bertz CT molecular complexity index is 1650. The first-order valence-electron chi connectivity index (χ1n) is 13.5. The zero-order valence-corrected chi connectivity index (χ0v) is 24.0. The summed E-state index contributed by atoms with van der Waals surface area (Å²) in [4.78, 5) is 24.8. The molecule has 42 heavy (non-hydrogen) atoms. The van der Waals surface area contributed by atoms with E-state index in [-0.39, 0.29) is 17.2 Å². The van der Waals surface area contributed by atoms with Gasteiger partial charge in [0.2, 0.25) is 0 Å². The van der Waals surface area contributed by atoms with Crippen LogP contribution in [-0.4, -0.2) is 74.0 Å². The summed E-state index contributed by atoms with van der Waals surface area (Å²) in [6.07, 6.45) is 6.67. The molecule has 13 heteroatoms. The molecule has 3 heterocycles. The van der Waals surface area contributed by atoms with Gasteiger partial charge < -0.3 is 15.6 Å². The molecule has 0 bridgehead atoms. The lowest BCUT2D eigenvalue weighted by atomic mass is 9.93. The molecule has 0 radical (unpaired) electrons. The molecule has 3 aromatic rings. The fourth-order valence-electron chi connectivity index (χ4n) is 4.79. The minimum atomic E-state index is -4.13. The number of hydrogen-bond acceptors (Lipinski definition) is 8. The number of ketones is 1. The number of rotatable bonds is 10. The van der Waals surface area contributed by atoms with Crippen molar-refractivity contribution in [2.75, 3.05) is 42.8 Å². The summed E-state index contributed by atoms with van der Waals surface area (Å²) in [7, 11) is -2.76. The van der Waals surface area contributed by atoms with E-state index in [1.165, 1.54) is 7.05 Å². The van der Waals surface area contributed by atoms with E-state index in [9.17, 15) is 17.6 Å². The van der Waals surface area contributed by atoms with Crippen LogP contribution in [0, 0.1) is 24.0 Å². The van der Waals surface area contributed by atoms with Crippen LogP contribution in [0.4, 0.5) is 20.3 Å². The molecular formula is C29H31F2N7O3S. The van der Waals surface area contributed by atoms with Gasteiger partial charge >= 0.3 is 10.2 Å². The molecule has 1 saturated carbocycles. The molecule has 1 aliphatic carbocycles. The second kappa shape index (κ2) is 12.0. The van der Waals surface area contributed by atoms with Gasteiger partial charge in [-0.3, -0.25) is 14.5 Å². The highest BCUT2D eigenvalue weighted by Crippen LogP contribution is 2.32. The van der Waals surface area contributed by atoms with E-state index in [1.807, 2.05) is 12.1 Å². The van der Waals surface area contributed by atoms with Gasteiger partial charge in [-0.1, -0.05) is 0 Å². The average Bonchev–Trinajstić information content (AvgIpc) is 3.84. The zero-order valence-electron chi connectivity index (χ0n) is 23.2. The van der Waals surface area contributed by atoms with Crippen molar-refractivity contribution in [1.29, 1.82) is 5.41 Å².